The van der Waals surface area contributed by atoms with Gasteiger partial charge in [0.2, 0.25) is 0 Å². The number of rotatable bonds is 41. The molecule has 0 saturated heterocycles. The van der Waals surface area contributed by atoms with Crippen LogP contribution in [0.4, 0.5) is 0 Å². The Balaban J connectivity index is 2.87. The van der Waals surface area contributed by atoms with E-state index >= 15 is 0 Å². The van der Waals surface area contributed by atoms with Gasteiger partial charge in [-0.15, -0.1) is 0 Å². The summed E-state index contributed by atoms with van der Waals surface area (Å²) in [5.41, 5.74) is 0. The molecule has 60 heavy (non-hydrogen) atoms. The van der Waals surface area contributed by atoms with Gasteiger partial charge in [-0.25, -0.2) is 0 Å². The smallest absolute Gasteiger partial charge is 0.331 e. The van der Waals surface area contributed by atoms with Gasteiger partial charge in [0.05, 0.1) is 20.3 Å². The van der Waals surface area contributed by atoms with Gasteiger partial charge in [-0.05, 0) is 152 Å². The van der Waals surface area contributed by atoms with Gasteiger partial charge in [0.25, 0.3) is 0 Å². The maximum atomic E-state index is 6.82. The summed E-state index contributed by atoms with van der Waals surface area (Å²) in [5, 5.41) is 0. The van der Waals surface area contributed by atoms with Crippen LogP contribution in [-0.4, -0.2) is 116 Å². The quantitative estimate of drug-likeness (QED) is 0.0252. The van der Waals surface area contributed by atoms with E-state index in [0.29, 0.717) is 65.4 Å². The fourth-order valence-electron chi connectivity index (χ4n) is 6.78. The lowest BCUT2D eigenvalue weighted by Gasteiger charge is -2.43. The molecule has 0 amide bonds. The van der Waals surface area contributed by atoms with Crippen LogP contribution in [0.5, 0.6) is 0 Å². The van der Waals surface area contributed by atoms with E-state index < -0.39 is 32.3 Å². The molecule has 2 aliphatic rings. The molecular weight excluding hydrogens is 1050 g/mol. The zero-order valence-corrected chi connectivity index (χ0v) is 51.3. The highest BCUT2D eigenvalue weighted by molar-refractivity contribution is 9.30. The molecule has 0 heterocycles. The van der Waals surface area contributed by atoms with E-state index in [2.05, 4.69) is 105 Å². The van der Waals surface area contributed by atoms with Crippen molar-refractivity contribution < 1.29 is 39.8 Å². The van der Waals surface area contributed by atoms with Crippen molar-refractivity contribution in [2.75, 3.05) is 82.5 Å². The molecule has 9 nitrogen and oxygen atoms in total. The Kier molecular flexibility index (Phi) is 34.3. The third-order valence-corrected chi connectivity index (χ3v) is 67.4. The van der Waals surface area contributed by atoms with E-state index in [9.17, 15) is 0 Å². The van der Waals surface area contributed by atoms with Gasteiger partial charge in [-0.1, -0.05) is 20.8 Å². The van der Waals surface area contributed by atoms with E-state index in [1.165, 1.54) is 12.8 Å². The first kappa shape index (κ1) is 60.6. The van der Waals surface area contributed by atoms with Gasteiger partial charge in [0.15, 0.2) is 54.7 Å². The molecule has 0 aromatic rings. The van der Waals surface area contributed by atoms with Crippen LogP contribution in [0.25, 0.3) is 0 Å². The molecule has 0 N–H and O–H groups in total. The average Bonchev–Trinajstić information content (AvgIpc) is 3.76. The minimum atomic E-state index is -3.15. The molecule has 358 valence electrons. The first-order valence-corrected chi connectivity index (χ1v) is 45.7. The summed E-state index contributed by atoms with van der Waals surface area (Å²) in [6, 6.07) is 0. The fourth-order valence-corrected chi connectivity index (χ4v) is 73.0. The number of hydrogen-bond donors (Lipinski definition) is 0. The van der Waals surface area contributed by atoms with Crippen LogP contribution in [0.1, 0.15) is 134 Å². The van der Waals surface area contributed by atoms with E-state index in [0.717, 1.165) is 61.5 Å². The topological polar surface area (TPSA) is 83.1 Å². The Morgan fingerprint density at radius 1 is 0.450 bits per heavy atom. The van der Waals surface area contributed by atoms with Crippen LogP contribution in [0.15, 0.2) is 0 Å². The minimum absolute atomic E-state index is 0.0294. The van der Waals surface area contributed by atoms with Crippen molar-refractivity contribution in [3.05, 3.63) is 0 Å². The summed E-state index contributed by atoms with van der Waals surface area (Å²) >= 11 is 0. The molecule has 0 aromatic heterocycles. The lowest BCUT2D eigenvalue weighted by molar-refractivity contribution is 0.0958. The van der Waals surface area contributed by atoms with E-state index in [4.69, 9.17) is 39.8 Å². The van der Waals surface area contributed by atoms with Crippen molar-refractivity contribution in [2.24, 2.45) is 5.92 Å². The highest BCUT2D eigenvalue weighted by Crippen LogP contribution is 2.72. The van der Waals surface area contributed by atoms with Gasteiger partial charge < -0.3 is 39.8 Å². The lowest BCUT2D eigenvalue weighted by atomic mass is 9.85. The Hall–Kier alpha value is 4.49. The maximum Gasteiger partial charge on any atom is 0.808 e. The summed E-state index contributed by atoms with van der Waals surface area (Å²) < 4.78 is 60.6. The van der Waals surface area contributed by atoms with Crippen LogP contribution in [0.3, 0.4) is 0 Å². The van der Waals surface area contributed by atoms with Crippen LogP contribution in [0.2, 0.25) is 0 Å². The zero-order valence-electron chi connectivity index (χ0n) is 38.5. The molecule has 2 aliphatic carbocycles. The molecule has 2 fully saturated rings. The van der Waals surface area contributed by atoms with Crippen LogP contribution >= 0.6 is 94.2 Å². The third-order valence-electron chi connectivity index (χ3n) is 8.88. The predicted molar refractivity (Wildman–Crippen MR) is 295 cm³/mol. The molecule has 0 aromatic carbocycles. The number of hydrogen-bond acceptors (Lipinski definition) is 18. The molecular formula is C36H79O9S12Si3+3. The summed E-state index contributed by atoms with van der Waals surface area (Å²) in [6.07, 6.45) is 9.16. The molecule has 2 bridgehead atoms. The first-order valence-electron chi connectivity index (χ1n) is 22.0. The molecule has 2 saturated carbocycles. The van der Waals surface area contributed by atoms with Crippen molar-refractivity contribution in [3.63, 3.8) is 0 Å². The van der Waals surface area contributed by atoms with E-state index in [1.807, 2.05) is 72.7 Å². The summed E-state index contributed by atoms with van der Waals surface area (Å²) in [5.74, 6) is 4.86. The zero-order chi connectivity index (χ0) is 44.4. The second-order valence-corrected chi connectivity index (χ2v) is 55.3. The van der Waals surface area contributed by atoms with Gasteiger partial charge in [0, 0.05) is 82.5 Å². The Bertz CT molecular complexity index is 1060. The van der Waals surface area contributed by atoms with Crippen molar-refractivity contribution in [1.82, 2.24) is 0 Å². The Morgan fingerprint density at radius 3 is 1.15 bits per heavy atom. The van der Waals surface area contributed by atoms with Crippen LogP contribution in [-0.2, 0) is 65.1 Å². The van der Waals surface area contributed by atoms with E-state index in [-0.39, 0.29) is 26.3 Å². The molecule has 0 aliphatic heterocycles. The largest absolute Gasteiger partial charge is 0.808 e. The minimum Gasteiger partial charge on any atom is -0.331 e. The van der Waals surface area contributed by atoms with E-state index in [1.54, 1.807) is 0 Å². The van der Waals surface area contributed by atoms with Crippen molar-refractivity contribution in [1.29, 1.82) is 0 Å². The fraction of sp³-hybridized carbons (Fsp3) is 1.00. The van der Waals surface area contributed by atoms with Gasteiger partial charge in [-0.3, -0.25) is 0 Å². The average molecular weight is 1130 g/mol. The molecule has 24 heteroatoms. The molecule has 6 atom stereocenters. The Morgan fingerprint density at radius 2 is 0.800 bits per heavy atom. The molecule has 0 radical (unpaired) electrons. The third kappa shape index (κ3) is 17.7. The predicted octanol–water partition coefficient (Wildman–Crippen LogP) is 13.6. The highest BCUT2D eigenvalue weighted by Gasteiger charge is 2.78. The SMILES string of the molecule is CCCSS[S+](SCCC1(S[S+](SSCCC)[Si](OCC)(OCC)OCC)CC2CCC1(S[S+](SSCCC)[Si](OCC)(OCC)OCC)C2)[Si](OCC)(OCC)OCC. The van der Waals surface area contributed by atoms with Crippen LogP contribution in [0, 0.1) is 5.92 Å². The normalized spacial score (nSPS) is 22.5. The van der Waals surface area contributed by atoms with Gasteiger partial charge in [0.1, 0.15) is 21.6 Å². The first-order chi connectivity index (χ1) is 29.1. The van der Waals surface area contributed by atoms with Crippen LogP contribution < -0.4 is 0 Å². The lowest BCUT2D eigenvalue weighted by Crippen LogP contribution is -2.56. The standard InChI is InChI=1S/C36H79O9S12Si3/c1-13-28-46-52-55(58(37-16-4,38-17-5)39-18-6)49-31-27-36(51-57(54-48-30-15-3)60(43-22-10,44-23-11)45-24-12)33-34-25-26-35(36,32-34)50-56(53-47-29-14-2)59(40-19-7,41-20-8)42-21-9/h34H,13-33H2,1-12H3/q+3. The molecule has 2 rings (SSSR count). The number of fused-ring (bicyclic) bond motifs is 2. The summed E-state index contributed by atoms with van der Waals surface area (Å²) in [7, 11) is 7.80. The second kappa shape index (κ2) is 33.9. The summed E-state index contributed by atoms with van der Waals surface area (Å²) in [4.78, 5) is 0. The highest BCUT2D eigenvalue weighted by atomic mass is 33.8. The van der Waals surface area contributed by atoms with Gasteiger partial charge in [-0.2, -0.15) is 0 Å². The summed E-state index contributed by atoms with van der Waals surface area (Å²) in [6.45, 7) is 30.7. The molecule has 0 spiro atoms. The van der Waals surface area contributed by atoms with Crippen molar-refractivity contribution in [2.45, 2.75) is 144 Å². The van der Waals surface area contributed by atoms with Crippen molar-refractivity contribution in [3.8, 4) is 0 Å². The van der Waals surface area contributed by atoms with Crippen molar-refractivity contribution >= 4 is 143 Å². The maximum absolute atomic E-state index is 6.82. The molecule has 6 unspecified atom stereocenters. The van der Waals surface area contributed by atoms with Gasteiger partial charge >= 0.3 is 23.9 Å². The second-order valence-electron chi connectivity index (χ2n) is 13.3. The Labute approximate surface area is 411 Å². The monoisotopic (exact) mass is 1120 g/mol.